The van der Waals surface area contributed by atoms with Gasteiger partial charge in [0.15, 0.2) is 0 Å². The number of carbonyl (C=O) groups is 1. The molecule has 0 bridgehead atoms. The van der Waals surface area contributed by atoms with Crippen LogP contribution in [0.25, 0.3) is 0 Å². The van der Waals surface area contributed by atoms with Crippen LogP contribution in [-0.2, 0) is 4.79 Å². The maximum absolute atomic E-state index is 10.6. The van der Waals surface area contributed by atoms with Crippen molar-refractivity contribution < 1.29 is 9.53 Å². The van der Waals surface area contributed by atoms with E-state index >= 15 is 0 Å². The molecule has 4 heteroatoms. The second kappa shape index (κ2) is 4.53. The van der Waals surface area contributed by atoms with E-state index in [0.29, 0.717) is 10.8 Å². The molecule has 1 rings (SSSR count). The van der Waals surface area contributed by atoms with Gasteiger partial charge in [-0.1, -0.05) is 11.6 Å². The Morgan fingerprint density at radius 3 is 2.69 bits per heavy atom. The summed E-state index contributed by atoms with van der Waals surface area (Å²) in [6, 6.07) is 5.31. The maximum atomic E-state index is 10.6. The molecular weight excluding hydrogens is 208 g/mol. The van der Waals surface area contributed by atoms with Gasteiger partial charge < -0.3 is 4.74 Å². The van der Waals surface area contributed by atoms with Gasteiger partial charge >= 0.3 is 5.97 Å². The zero-order chi connectivity index (χ0) is 9.84. The standard InChI is InChI=1S/C9H9ClO2S/c1-6(11)12-9-4-3-7(13-2)5-8(9)10/h3-5H,1-2H3. The maximum Gasteiger partial charge on any atom is 0.308 e. The van der Waals surface area contributed by atoms with E-state index < -0.39 is 0 Å². The highest BCUT2D eigenvalue weighted by atomic mass is 35.5. The van der Waals surface area contributed by atoms with Gasteiger partial charge in [0, 0.05) is 11.8 Å². The van der Waals surface area contributed by atoms with Crippen LogP contribution in [0.5, 0.6) is 5.75 Å². The van der Waals surface area contributed by atoms with Crippen LogP contribution in [0.2, 0.25) is 5.02 Å². The zero-order valence-electron chi connectivity index (χ0n) is 7.33. The molecule has 0 aromatic heterocycles. The first kappa shape index (κ1) is 10.4. The highest BCUT2D eigenvalue weighted by molar-refractivity contribution is 7.98. The van der Waals surface area contributed by atoms with Gasteiger partial charge in [-0.05, 0) is 24.5 Å². The molecule has 13 heavy (non-hydrogen) atoms. The summed E-state index contributed by atoms with van der Waals surface area (Å²) in [4.78, 5) is 11.7. The van der Waals surface area contributed by atoms with Crippen molar-refractivity contribution in [3.63, 3.8) is 0 Å². The highest BCUT2D eigenvalue weighted by Gasteiger charge is 2.04. The predicted molar refractivity (Wildman–Crippen MR) is 54.5 cm³/mol. The first-order chi connectivity index (χ1) is 6.13. The minimum Gasteiger partial charge on any atom is -0.425 e. The number of esters is 1. The van der Waals surface area contributed by atoms with Gasteiger partial charge in [0.25, 0.3) is 0 Å². The predicted octanol–water partition coefficient (Wildman–Crippen LogP) is 2.99. The van der Waals surface area contributed by atoms with Gasteiger partial charge in [-0.25, -0.2) is 0 Å². The fraction of sp³-hybridized carbons (Fsp3) is 0.222. The molecule has 0 aliphatic heterocycles. The molecule has 0 heterocycles. The van der Waals surface area contributed by atoms with E-state index in [1.165, 1.54) is 6.92 Å². The fourth-order valence-corrected chi connectivity index (χ4v) is 1.57. The number of halogens is 1. The third-order valence-corrected chi connectivity index (χ3v) is 2.41. The van der Waals surface area contributed by atoms with Crippen LogP contribution in [0.1, 0.15) is 6.92 Å². The van der Waals surface area contributed by atoms with E-state index in [2.05, 4.69) is 0 Å². The van der Waals surface area contributed by atoms with Crippen molar-refractivity contribution >= 4 is 29.3 Å². The summed E-state index contributed by atoms with van der Waals surface area (Å²) in [6.45, 7) is 1.35. The van der Waals surface area contributed by atoms with Crippen LogP contribution in [0, 0.1) is 0 Å². The first-order valence-corrected chi connectivity index (χ1v) is 5.25. The molecule has 0 radical (unpaired) electrons. The second-order valence-corrected chi connectivity index (χ2v) is 3.68. The molecule has 0 saturated heterocycles. The van der Waals surface area contributed by atoms with Crippen molar-refractivity contribution in [2.45, 2.75) is 11.8 Å². The summed E-state index contributed by atoms with van der Waals surface area (Å²) in [5, 5.41) is 0.460. The number of hydrogen-bond donors (Lipinski definition) is 0. The summed E-state index contributed by atoms with van der Waals surface area (Å²) >= 11 is 7.45. The molecule has 70 valence electrons. The quantitative estimate of drug-likeness (QED) is 0.432. The second-order valence-electron chi connectivity index (χ2n) is 2.39. The van der Waals surface area contributed by atoms with Gasteiger partial charge in [-0.15, -0.1) is 11.8 Å². The average Bonchev–Trinajstić information content (AvgIpc) is 2.08. The Morgan fingerprint density at radius 1 is 1.54 bits per heavy atom. The van der Waals surface area contributed by atoms with Crippen molar-refractivity contribution in [3.8, 4) is 5.75 Å². The van der Waals surface area contributed by atoms with Crippen LogP contribution in [0.4, 0.5) is 0 Å². The summed E-state index contributed by atoms with van der Waals surface area (Å²) in [5.74, 6) is 0.0470. The third-order valence-electron chi connectivity index (χ3n) is 1.39. The Hall–Kier alpha value is -0.670. The van der Waals surface area contributed by atoms with Crippen molar-refractivity contribution in [1.29, 1.82) is 0 Å². The molecule has 0 aliphatic carbocycles. The van der Waals surface area contributed by atoms with E-state index in [-0.39, 0.29) is 5.97 Å². The van der Waals surface area contributed by atoms with Gasteiger partial charge in [0.1, 0.15) is 5.75 Å². The number of ether oxygens (including phenoxy) is 1. The molecular formula is C9H9ClO2S. The van der Waals surface area contributed by atoms with E-state index in [0.717, 1.165) is 4.90 Å². The molecule has 1 aromatic carbocycles. The van der Waals surface area contributed by atoms with Crippen molar-refractivity contribution in [3.05, 3.63) is 23.2 Å². The average molecular weight is 217 g/mol. The monoisotopic (exact) mass is 216 g/mol. The van der Waals surface area contributed by atoms with Crippen molar-refractivity contribution in [2.75, 3.05) is 6.26 Å². The van der Waals surface area contributed by atoms with Crippen LogP contribution in [0.3, 0.4) is 0 Å². The fourth-order valence-electron chi connectivity index (χ4n) is 0.846. The number of hydrogen-bond acceptors (Lipinski definition) is 3. The van der Waals surface area contributed by atoms with E-state index in [1.807, 2.05) is 12.3 Å². The summed E-state index contributed by atoms with van der Waals surface area (Å²) < 4.78 is 4.86. The molecule has 0 spiro atoms. The minimum absolute atomic E-state index is 0.362. The molecule has 0 atom stereocenters. The van der Waals surface area contributed by atoms with Crippen LogP contribution in [-0.4, -0.2) is 12.2 Å². The number of thioether (sulfide) groups is 1. The van der Waals surface area contributed by atoms with E-state index in [9.17, 15) is 4.79 Å². The number of rotatable bonds is 2. The van der Waals surface area contributed by atoms with Crippen molar-refractivity contribution in [2.24, 2.45) is 0 Å². The smallest absolute Gasteiger partial charge is 0.308 e. The molecule has 0 saturated carbocycles. The molecule has 2 nitrogen and oxygen atoms in total. The lowest BCUT2D eigenvalue weighted by Gasteiger charge is -2.04. The Labute approximate surface area is 86.2 Å². The molecule has 0 unspecified atom stereocenters. The number of carbonyl (C=O) groups excluding carboxylic acids is 1. The van der Waals surface area contributed by atoms with E-state index in [4.69, 9.17) is 16.3 Å². The molecule has 1 aromatic rings. The molecule has 0 aliphatic rings. The van der Waals surface area contributed by atoms with Gasteiger partial charge in [-0.3, -0.25) is 4.79 Å². The van der Waals surface area contributed by atoms with Crippen LogP contribution < -0.4 is 4.74 Å². The summed E-state index contributed by atoms with van der Waals surface area (Å²) in [7, 11) is 0. The van der Waals surface area contributed by atoms with Gasteiger partial charge in [-0.2, -0.15) is 0 Å². The van der Waals surface area contributed by atoms with Gasteiger partial charge in [0.05, 0.1) is 5.02 Å². The number of benzene rings is 1. The lowest BCUT2D eigenvalue weighted by molar-refractivity contribution is -0.131. The lowest BCUT2D eigenvalue weighted by atomic mass is 10.3. The van der Waals surface area contributed by atoms with Crippen LogP contribution >= 0.6 is 23.4 Å². The molecule has 0 amide bonds. The third kappa shape index (κ3) is 2.94. The summed E-state index contributed by atoms with van der Waals surface area (Å²) in [5.41, 5.74) is 0. The van der Waals surface area contributed by atoms with Crippen molar-refractivity contribution in [1.82, 2.24) is 0 Å². The summed E-state index contributed by atoms with van der Waals surface area (Å²) in [6.07, 6.45) is 1.96. The van der Waals surface area contributed by atoms with Crippen LogP contribution in [0.15, 0.2) is 23.1 Å². The highest BCUT2D eigenvalue weighted by Crippen LogP contribution is 2.28. The minimum atomic E-state index is -0.362. The zero-order valence-corrected chi connectivity index (χ0v) is 8.91. The topological polar surface area (TPSA) is 26.3 Å². The Kier molecular flexibility index (Phi) is 3.63. The Bertz CT molecular complexity index is 325. The normalized spacial score (nSPS) is 9.77. The van der Waals surface area contributed by atoms with Gasteiger partial charge in [0.2, 0.25) is 0 Å². The SMILES string of the molecule is CSc1ccc(OC(C)=O)c(Cl)c1. The lowest BCUT2D eigenvalue weighted by Crippen LogP contribution is -2.01. The molecule has 0 fully saturated rings. The van der Waals surface area contributed by atoms with E-state index in [1.54, 1.807) is 23.9 Å². The Balaban J connectivity index is 2.91. The Morgan fingerprint density at radius 2 is 2.23 bits per heavy atom. The first-order valence-electron chi connectivity index (χ1n) is 3.65. The molecule has 0 N–H and O–H groups in total. The largest absolute Gasteiger partial charge is 0.425 e.